The van der Waals surface area contributed by atoms with Gasteiger partial charge in [0.15, 0.2) is 5.75 Å². The maximum absolute atomic E-state index is 14.4. The van der Waals surface area contributed by atoms with Crippen molar-refractivity contribution in [3.05, 3.63) is 59.0 Å². The van der Waals surface area contributed by atoms with E-state index in [0.29, 0.717) is 0 Å². The Morgan fingerprint density at radius 1 is 0.911 bits per heavy atom. The van der Waals surface area contributed by atoms with E-state index >= 15 is 0 Å². The molecule has 0 radical (unpaired) electrons. The number of hydrogen-bond donors (Lipinski definition) is 6. The Balaban J connectivity index is 1.75. The van der Waals surface area contributed by atoms with E-state index in [0.717, 1.165) is 7.11 Å². The number of ether oxygens (including phenoxy) is 5. The largest absolute Gasteiger partial charge is 0.507 e. The van der Waals surface area contributed by atoms with Crippen molar-refractivity contribution in [2.24, 2.45) is 23.7 Å². The summed E-state index contributed by atoms with van der Waals surface area (Å²) in [6.45, 7) is 12.5. The second-order valence-electron chi connectivity index (χ2n) is 14.8. The summed E-state index contributed by atoms with van der Waals surface area (Å²) in [4.78, 5) is 56.4. The normalized spacial score (nSPS) is 28.9. The molecule has 4 bridgehead atoms. The highest BCUT2D eigenvalue weighted by Gasteiger charge is 2.49. The maximum atomic E-state index is 14.4. The number of benzene rings is 2. The number of esters is 2. The van der Waals surface area contributed by atoms with Gasteiger partial charge in [-0.25, -0.2) is 4.79 Å². The maximum Gasteiger partial charge on any atom is 0.340 e. The van der Waals surface area contributed by atoms with Crippen molar-refractivity contribution in [1.29, 1.82) is 0 Å². The number of rotatable bonds is 3. The van der Waals surface area contributed by atoms with E-state index < -0.39 is 89.0 Å². The zero-order valence-electron chi connectivity index (χ0n) is 33.0. The molecule has 5 rings (SSSR count). The molecule has 2 aliphatic rings. The number of amides is 1. The first-order valence-corrected chi connectivity index (χ1v) is 18.2. The van der Waals surface area contributed by atoms with Gasteiger partial charge in [0.1, 0.15) is 17.6 Å². The lowest BCUT2D eigenvalue weighted by atomic mass is 9.78. The summed E-state index contributed by atoms with van der Waals surface area (Å²) in [5.41, 5.74) is -0.0435. The number of Topliss-reactive ketones (excluding diaryl/α,β-unsaturated/α-hetero) is 1. The van der Waals surface area contributed by atoms with Crippen LogP contribution in [-0.2, 0) is 28.5 Å². The van der Waals surface area contributed by atoms with Crippen LogP contribution in [-0.4, -0.2) is 93.5 Å². The number of aliphatic hydroxyl groups is 2. The second-order valence-corrected chi connectivity index (χ2v) is 14.8. The van der Waals surface area contributed by atoms with E-state index in [4.69, 9.17) is 23.7 Å². The number of allylic oxidation sites excluding steroid dienone is 2. The third kappa shape index (κ3) is 7.21. The van der Waals surface area contributed by atoms with Crippen LogP contribution in [0.3, 0.4) is 0 Å². The summed E-state index contributed by atoms with van der Waals surface area (Å²) >= 11 is 0. The third-order valence-electron chi connectivity index (χ3n) is 11.1. The number of phenolic OH excluding ortho intramolecular Hbond substituents is 2. The standard InChI is InChI=1S/C41H50N2O13/c1-17-12-11-13-18(2)39(50)43-31-26-24(40(51)53-10)16-42-30(26)27-28(35(31)48)34(47)22(6)37-29(27)38(49)41(8,56-37)54-15-14-25(52-9)19(3)36(55-23(7)44)21(5)33(46)20(4)32(17)45/h11-17,19-21,25,32-33,36,42,45-48H,1-10H3,(H,43,50). The van der Waals surface area contributed by atoms with Crippen molar-refractivity contribution in [1.82, 2.24) is 4.98 Å². The number of aromatic hydroxyl groups is 2. The van der Waals surface area contributed by atoms with Crippen LogP contribution in [0.4, 0.5) is 5.69 Å². The fraction of sp³-hybridized carbons (Fsp3) is 0.463. The molecule has 302 valence electrons. The Hall–Kier alpha value is -5.38. The van der Waals surface area contributed by atoms with Crippen LogP contribution >= 0.6 is 0 Å². The van der Waals surface area contributed by atoms with Crippen LogP contribution in [0, 0.1) is 30.6 Å². The molecule has 2 aromatic carbocycles. The molecular weight excluding hydrogens is 728 g/mol. The van der Waals surface area contributed by atoms with Gasteiger partial charge in [-0.3, -0.25) is 14.4 Å². The molecule has 1 amide bonds. The molecule has 0 aliphatic carbocycles. The van der Waals surface area contributed by atoms with Gasteiger partial charge < -0.3 is 54.4 Å². The van der Waals surface area contributed by atoms with Crippen LogP contribution in [0.1, 0.15) is 74.7 Å². The average molecular weight is 779 g/mol. The number of phenols is 2. The number of carbonyl (C=O) groups excluding carboxylic acids is 4. The number of carbonyl (C=O) groups is 4. The smallest absolute Gasteiger partial charge is 0.340 e. The molecule has 15 heteroatoms. The molecule has 6 N–H and O–H groups in total. The van der Waals surface area contributed by atoms with Crippen LogP contribution in [0.15, 0.2) is 42.3 Å². The number of methoxy groups -OCH3 is 2. The Morgan fingerprint density at radius 3 is 2.21 bits per heavy atom. The van der Waals surface area contributed by atoms with Crippen LogP contribution in [0.2, 0.25) is 0 Å². The molecule has 0 fully saturated rings. The molecule has 3 aromatic rings. The quantitative estimate of drug-likeness (QED) is 0.147. The predicted octanol–water partition coefficient (Wildman–Crippen LogP) is 5.32. The van der Waals surface area contributed by atoms with E-state index in [9.17, 15) is 39.6 Å². The molecule has 0 saturated heterocycles. The number of fused-ring (bicyclic) bond motifs is 1. The topological polar surface area (TPSA) is 223 Å². The lowest BCUT2D eigenvalue weighted by Crippen LogP contribution is -2.46. The van der Waals surface area contributed by atoms with E-state index in [1.807, 2.05) is 0 Å². The molecular formula is C41H50N2O13. The van der Waals surface area contributed by atoms with Gasteiger partial charge >= 0.3 is 17.7 Å². The summed E-state index contributed by atoms with van der Waals surface area (Å²) in [6.07, 6.45) is 4.83. The van der Waals surface area contributed by atoms with E-state index in [1.54, 1.807) is 39.8 Å². The van der Waals surface area contributed by atoms with Gasteiger partial charge in [-0.1, -0.05) is 45.9 Å². The number of ketones is 1. The summed E-state index contributed by atoms with van der Waals surface area (Å²) in [5.74, 6) is -8.42. The van der Waals surface area contributed by atoms with Gasteiger partial charge in [0.25, 0.3) is 11.7 Å². The highest BCUT2D eigenvalue weighted by Crippen LogP contribution is 2.54. The number of H-pyrrole nitrogens is 1. The Kier molecular flexibility index (Phi) is 11.9. The second kappa shape index (κ2) is 16.0. The number of aromatic amines is 1. The summed E-state index contributed by atoms with van der Waals surface area (Å²) in [5, 5.41) is 48.7. The fourth-order valence-electron chi connectivity index (χ4n) is 7.64. The van der Waals surface area contributed by atoms with Crippen molar-refractivity contribution in [3.8, 4) is 17.2 Å². The minimum absolute atomic E-state index is 0.00144. The highest BCUT2D eigenvalue weighted by molar-refractivity contribution is 6.30. The zero-order chi connectivity index (χ0) is 41.5. The molecule has 1 aromatic heterocycles. The first-order valence-electron chi connectivity index (χ1n) is 18.2. The molecule has 3 heterocycles. The third-order valence-corrected chi connectivity index (χ3v) is 11.1. The summed E-state index contributed by atoms with van der Waals surface area (Å²) in [6, 6.07) is 0. The van der Waals surface area contributed by atoms with Crippen molar-refractivity contribution < 1.29 is 63.3 Å². The monoisotopic (exact) mass is 778 g/mol. The van der Waals surface area contributed by atoms with Crippen LogP contribution in [0.25, 0.3) is 21.7 Å². The molecule has 2 aliphatic heterocycles. The number of anilines is 1. The predicted molar refractivity (Wildman–Crippen MR) is 205 cm³/mol. The van der Waals surface area contributed by atoms with Gasteiger partial charge in [-0.05, 0) is 19.9 Å². The number of aromatic nitrogens is 1. The highest BCUT2D eigenvalue weighted by atomic mass is 16.7. The molecule has 0 saturated carbocycles. The molecule has 56 heavy (non-hydrogen) atoms. The van der Waals surface area contributed by atoms with Crippen molar-refractivity contribution in [3.63, 3.8) is 0 Å². The van der Waals surface area contributed by atoms with Crippen molar-refractivity contribution in [2.45, 2.75) is 85.6 Å². The Labute approximate surface area is 323 Å². The number of nitrogens with one attached hydrogen (secondary N) is 2. The van der Waals surface area contributed by atoms with Gasteiger partial charge in [-0.15, -0.1) is 0 Å². The lowest BCUT2D eigenvalue weighted by molar-refractivity contribution is -0.160. The molecule has 9 atom stereocenters. The number of hydrogen-bond acceptors (Lipinski definition) is 13. The Bertz CT molecular complexity index is 2170. The summed E-state index contributed by atoms with van der Waals surface area (Å²) < 4.78 is 28.6. The minimum atomic E-state index is -2.01. The SMILES string of the molecule is COC(=O)c1c[nH]c2c1c1c(O)c3c(O)c(C)c4c(c32)C(=O)C(C)(OC=CC(OC)C(C)C(OC(C)=O)C(C)C(O)C(C)C(O)C(C)C=CC=C(C)C(=O)N1)O4. The van der Waals surface area contributed by atoms with E-state index in [1.165, 1.54) is 59.4 Å². The fourth-order valence-corrected chi connectivity index (χ4v) is 7.64. The molecule has 9 unspecified atom stereocenters. The van der Waals surface area contributed by atoms with Crippen molar-refractivity contribution >= 4 is 51.0 Å². The zero-order valence-corrected chi connectivity index (χ0v) is 33.0. The van der Waals surface area contributed by atoms with Gasteiger partial charge in [0.05, 0.1) is 59.4 Å². The first-order chi connectivity index (χ1) is 26.3. The average Bonchev–Trinajstić information content (AvgIpc) is 3.72. The lowest BCUT2D eigenvalue weighted by Gasteiger charge is -2.38. The van der Waals surface area contributed by atoms with Crippen LogP contribution < -0.4 is 10.1 Å². The molecule has 0 spiro atoms. The molecule has 15 nitrogen and oxygen atoms in total. The van der Waals surface area contributed by atoms with E-state index in [-0.39, 0.29) is 55.4 Å². The number of aliphatic hydroxyl groups excluding tert-OH is 2. The van der Waals surface area contributed by atoms with Gasteiger partial charge in [0.2, 0.25) is 0 Å². The van der Waals surface area contributed by atoms with Gasteiger partial charge in [-0.2, -0.15) is 0 Å². The summed E-state index contributed by atoms with van der Waals surface area (Å²) in [7, 11) is 2.59. The van der Waals surface area contributed by atoms with Crippen molar-refractivity contribution in [2.75, 3.05) is 19.5 Å². The minimum Gasteiger partial charge on any atom is -0.507 e. The first kappa shape index (κ1) is 41.8. The van der Waals surface area contributed by atoms with E-state index in [2.05, 4.69) is 10.3 Å². The Morgan fingerprint density at radius 2 is 1.59 bits per heavy atom. The van der Waals surface area contributed by atoms with Gasteiger partial charge in [0, 0.05) is 72.7 Å². The van der Waals surface area contributed by atoms with Crippen LogP contribution in [0.5, 0.6) is 17.2 Å².